The van der Waals surface area contributed by atoms with Gasteiger partial charge in [-0.1, -0.05) is 0 Å². The quantitative estimate of drug-likeness (QED) is 0.654. The molecule has 92 valence electrons. The zero-order chi connectivity index (χ0) is 11.7. The lowest BCUT2D eigenvalue weighted by molar-refractivity contribution is -0.275. The van der Waals surface area contributed by atoms with E-state index in [1.54, 1.807) is 13.8 Å². The first-order chi connectivity index (χ1) is 7.30. The van der Waals surface area contributed by atoms with Crippen LogP contribution in [0.2, 0.25) is 0 Å². The molecule has 7 heteroatoms. The molecular formula is C9H12F2O5. The summed E-state index contributed by atoms with van der Waals surface area (Å²) in [7, 11) is 0. The average molecular weight is 238 g/mol. The van der Waals surface area contributed by atoms with Gasteiger partial charge in [0.05, 0.1) is 0 Å². The summed E-state index contributed by atoms with van der Waals surface area (Å²) in [5.41, 5.74) is 0. The Morgan fingerprint density at radius 2 is 1.69 bits per heavy atom. The molecule has 5 atom stereocenters. The molecule has 0 radical (unpaired) electrons. The molecule has 3 rings (SSSR count). The third-order valence-electron chi connectivity index (χ3n) is 2.98. The van der Waals surface area contributed by atoms with Crippen molar-refractivity contribution in [2.45, 2.75) is 56.4 Å². The van der Waals surface area contributed by atoms with Gasteiger partial charge in [-0.05, 0) is 13.8 Å². The van der Waals surface area contributed by atoms with Crippen LogP contribution in [0.5, 0.6) is 0 Å². The molecule has 0 aliphatic carbocycles. The second kappa shape index (κ2) is 2.91. The minimum absolute atomic E-state index is 0.719. The summed E-state index contributed by atoms with van der Waals surface area (Å²) in [6, 6.07) is 0. The van der Waals surface area contributed by atoms with E-state index in [9.17, 15) is 13.9 Å². The van der Waals surface area contributed by atoms with Gasteiger partial charge in [-0.3, -0.25) is 0 Å². The number of alkyl halides is 2. The predicted molar refractivity (Wildman–Crippen MR) is 44.5 cm³/mol. The monoisotopic (exact) mass is 238 g/mol. The number of halogens is 2. The van der Waals surface area contributed by atoms with E-state index < -0.39 is 42.6 Å². The van der Waals surface area contributed by atoms with Crippen molar-refractivity contribution in [2.75, 3.05) is 0 Å². The number of hydrogen-bond acceptors (Lipinski definition) is 5. The lowest BCUT2D eigenvalue weighted by Gasteiger charge is -2.21. The fourth-order valence-corrected chi connectivity index (χ4v) is 2.33. The maximum Gasteiger partial charge on any atom is 0.384 e. The molecule has 3 aliphatic rings. The molecule has 0 spiro atoms. The second-order valence-electron chi connectivity index (χ2n) is 4.66. The standard InChI is InChI=1S/C9H12F2O5/c1-8(2)14-5-3-4(13-7(5)16-8)6(12)9(10,11)15-3/h3-7,12H,1-2H3/t3-,4-,5-,6-,7-/m0/s1. The van der Waals surface area contributed by atoms with E-state index in [0.29, 0.717) is 0 Å². The van der Waals surface area contributed by atoms with Gasteiger partial charge >= 0.3 is 6.11 Å². The highest BCUT2D eigenvalue weighted by Crippen LogP contribution is 2.47. The Hall–Kier alpha value is -0.340. The molecule has 3 saturated heterocycles. The molecule has 1 N–H and O–H groups in total. The van der Waals surface area contributed by atoms with Crippen LogP contribution < -0.4 is 0 Å². The Balaban J connectivity index is 1.83. The van der Waals surface area contributed by atoms with Crippen molar-refractivity contribution in [3.8, 4) is 0 Å². The number of ether oxygens (including phenoxy) is 4. The van der Waals surface area contributed by atoms with Gasteiger partial charge in [-0.2, -0.15) is 8.78 Å². The van der Waals surface area contributed by atoms with E-state index in [-0.39, 0.29) is 0 Å². The molecule has 0 aromatic rings. The molecule has 3 aliphatic heterocycles. The van der Waals surface area contributed by atoms with Crippen molar-refractivity contribution < 1.29 is 32.8 Å². The third-order valence-corrected chi connectivity index (χ3v) is 2.98. The van der Waals surface area contributed by atoms with E-state index in [1.165, 1.54) is 0 Å². The molecule has 0 amide bonds. The fraction of sp³-hybridized carbons (Fsp3) is 1.00. The molecule has 0 aromatic heterocycles. The summed E-state index contributed by atoms with van der Waals surface area (Å²) in [4.78, 5) is 0. The lowest BCUT2D eigenvalue weighted by Crippen LogP contribution is -2.37. The van der Waals surface area contributed by atoms with Crippen molar-refractivity contribution in [2.24, 2.45) is 0 Å². The van der Waals surface area contributed by atoms with Gasteiger partial charge in [0.1, 0.15) is 18.3 Å². The summed E-state index contributed by atoms with van der Waals surface area (Å²) in [6.07, 6.45) is -9.12. The van der Waals surface area contributed by atoms with Crippen LogP contribution in [0.3, 0.4) is 0 Å². The Kier molecular flexibility index (Phi) is 1.96. The first kappa shape index (κ1) is 10.8. The number of aliphatic hydroxyl groups is 1. The number of hydrogen-bond donors (Lipinski definition) is 1. The molecule has 0 aromatic carbocycles. The summed E-state index contributed by atoms with van der Waals surface area (Å²) < 4.78 is 46.5. The first-order valence-corrected chi connectivity index (χ1v) is 5.05. The van der Waals surface area contributed by atoms with Gasteiger partial charge in [-0.25, -0.2) is 0 Å². The smallest absolute Gasteiger partial charge is 0.381 e. The van der Waals surface area contributed by atoms with Gasteiger partial charge in [0.2, 0.25) is 0 Å². The minimum atomic E-state index is -3.59. The summed E-state index contributed by atoms with van der Waals surface area (Å²) >= 11 is 0. The van der Waals surface area contributed by atoms with Gasteiger partial charge in [0.15, 0.2) is 18.2 Å². The maximum absolute atomic E-state index is 13.1. The van der Waals surface area contributed by atoms with Crippen LogP contribution in [0.25, 0.3) is 0 Å². The van der Waals surface area contributed by atoms with E-state index in [1.807, 2.05) is 0 Å². The van der Waals surface area contributed by atoms with Crippen molar-refractivity contribution in [1.29, 1.82) is 0 Å². The van der Waals surface area contributed by atoms with E-state index >= 15 is 0 Å². The maximum atomic E-state index is 13.1. The normalized spacial score (nSPS) is 52.7. The Morgan fingerprint density at radius 1 is 1.00 bits per heavy atom. The van der Waals surface area contributed by atoms with E-state index in [0.717, 1.165) is 0 Å². The number of fused-ring (bicyclic) bond motifs is 3. The largest absolute Gasteiger partial charge is 0.384 e. The minimum Gasteiger partial charge on any atom is -0.381 e. The summed E-state index contributed by atoms with van der Waals surface area (Å²) in [5, 5.41) is 9.30. The molecule has 3 heterocycles. The SMILES string of the molecule is CC1(C)O[C@@H]2O[C@H]3[C@H](OC(F)(F)[C@H]3O)[C@@H]2O1. The average Bonchev–Trinajstić information content (AvgIpc) is 2.65. The molecule has 0 bridgehead atoms. The Labute approximate surface area is 90.2 Å². The topological polar surface area (TPSA) is 57.2 Å². The van der Waals surface area contributed by atoms with Crippen LogP contribution in [-0.2, 0) is 18.9 Å². The Morgan fingerprint density at radius 3 is 2.38 bits per heavy atom. The second-order valence-corrected chi connectivity index (χ2v) is 4.66. The van der Waals surface area contributed by atoms with E-state index in [2.05, 4.69) is 4.74 Å². The summed E-state index contributed by atoms with van der Waals surface area (Å²) in [6.45, 7) is 3.32. The van der Waals surface area contributed by atoms with Crippen LogP contribution in [0.4, 0.5) is 8.78 Å². The highest BCUT2D eigenvalue weighted by atomic mass is 19.3. The van der Waals surface area contributed by atoms with Crippen molar-refractivity contribution in [3.05, 3.63) is 0 Å². The molecule has 3 fully saturated rings. The Bertz CT molecular complexity index is 321. The van der Waals surface area contributed by atoms with Crippen molar-refractivity contribution >= 4 is 0 Å². The summed E-state index contributed by atoms with van der Waals surface area (Å²) in [5.74, 6) is -0.882. The van der Waals surface area contributed by atoms with Crippen LogP contribution in [0.1, 0.15) is 13.8 Å². The van der Waals surface area contributed by atoms with Gasteiger partial charge in [0.25, 0.3) is 0 Å². The lowest BCUT2D eigenvalue weighted by atomic mass is 10.1. The zero-order valence-corrected chi connectivity index (χ0v) is 8.72. The highest BCUT2D eigenvalue weighted by molar-refractivity contribution is 5.03. The van der Waals surface area contributed by atoms with Gasteiger partial charge in [0, 0.05) is 0 Å². The molecule has 0 unspecified atom stereocenters. The van der Waals surface area contributed by atoms with E-state index in [4.69, 9.17) is 14.2 Å². The zero-order valence-electron chi connectivity index (χ0n) is 8.72. The predicted octanol–water partition coefficient (Wildman–Crippen LogP) is 0.215. The van der Waals surface area contributed by atoms with Crippen LogP contribution in [-0.4, -0.2) is 47.7 Å². The third kappa shape index (κ3) is 1.32. The number of rotatable bonds is 0. The van der Waals surface area contributed by atoms with Crippen molar-refractivity contribution in [3.63, 3.8) is 0 Å². The molecule has 0 saturated carbocycles. The van der Waals surface area contributed by atoms with Crippen LogP contribution >= 0.6 is 0 Å². The highest BCUT2D eigenvalue weighted by Gasteiger charge is 2.68. The number of aliphatic hydroxyl groups excluding tert-OH is 1. The van der Waals surface area contributed by atoms with Crippen LogP contribution in [0.15, 0.2) is 0 Å². The molecule has 16 heavy (non-hydrogen) atoms. The molecular weight excluding hydrogens is 226 g/mol. The first-order valence-electron chi connectivity index (χ1n) is 5.05. The van der Waals surface area contributed by atoms with Gasteiger partial charge in [-0.15, -0.1) is 0 Å². The van der Waals surface area contributed by atoms with Crippen LogP contribution in [0, 0.1) is 0 Å². The molecule has 5 nitrogen and oxygen atoms in total. The fourth-order valence-electron chi connectivity index (χ4n) is 2.33. The van der Waals surface area contributed by atoms with Gasteiger partial charge < -0.3 is 24.1 Å². The van der Waals surface area contributed by atoms with Crippen molar-refractivity contribution in [1.82, 2.24) is 0 Å².